The van der Waals surface area contributed by atoms with E-state index in [4.69, 9.17) is 14.5 Å². The lowest BCUT2D eigenvalue weighted by molar-refractivity contribution is -0.172. The van der Waals surface area contributed by atoms with Gasteiger partial charge in [0.05, 0.1) is 17.5 Å². The monoisotopic (exact) mass is 248 g/mol. The van der Waals surface area contributed by atoms with E-state index in [0.29, 0.717) is 0 Å². The molecule has 0 aliphatic carbocycles. The SMILES string of the molecule is CO[C@H]1CC(c2ccc[nH]2)=N[C@]12CCC[C@H](C)O2. The van der Waals surface area contributed by atoms with Crippen molar-refractivity contribution >= 4 is 5.71 Å². The summed E-state index contributed by atoms with van der Waals surface area (Å²) in [5, 5.41) is 0. The number of rotatable bonds is 2. The number of H-pyrrole nitrogens is 1. The zero-order chi connectivity index (χ0) is 12.6. The number of hydrogen-bond acceptors (Lipinski definition) is 3. The van der Waals surface area contributed by atoms with Gasteiger partial charge in [-0.05, 0) is 38.3 Å². The van der Waals surface area contributed by atoms with Gasteiger partial charge < -0.3 is 14.5 Å². The van der Waals surface area contributed by atoms with Crippen LogP contribution in [0.15, 0.2) is 23.3 Å². The molecule has 98 valence electrons. The molecule has 0 bridgehead atoms. The van der Waals surface area contributed by atoms with Crippen LogP contribution >= 0.6 is 0 Å². The van der Waals surface area contributed by atoms with Crippen molar-refractivity contribution in [3.63, 3.8) is 0 Å². The maximum atomic E-state index is 6.14. The Morgan fingerprint density at radius 3 is 3.11 bits per heavy atom. The number of aromatic amines is 1. The van der Waals surface area contributed by atoms with E-state index in [2.05, 4.69) is 18.0 Å². The Hall–Kier alpha value is -1.13. The van der Waals surface area contributed by atoms with Crippen LogP contribution in [0.25, 0.3) is 0 Å². The highest BCUT2D eigenvalue weighted by Gasteiger charge is 2.48. The van der Waals surface area contributed by atoms with Crippen LogP contribution in [0.2, 0.25) is 0 Å². The van der Waals surface area contributed by atoms with E-state index in [0.717, 1.165) is 37.1 Å². The highest BCUT2D eigenvalue weighted by molar-refractivity contribution is 6.01. The fourth-order valence-electron chi connectivity index (χ4n) is 3.06. The van der Waals surface area contributed by atoms with Gasteiger partial charge >= 0.3 is 0 Å². The first kappa shape index (κ1) is 11.9. The number of aromatic nitrogens is 1. The molecule has 18 heavy (non-hydrogen) atoms. The van der Waals surface area contributed by atoms with Gasteiger partial charge in [-0.1, -0.05) is 0 Å². The van der Waals surface area contributed by atoms with Gasteiger partial charge in [0.15, 0.2) is 5.72 Å². The van der Waals surface area contributed by atoms with E-state index in [9.17, 15) is 0 Å². The van der Waals surface area contributed by atoms with Gasteiger partial charge in [-0.3, -0.25) is 4.99 Å². The molecule has 0 unspecified atom stereocenters. The molecule has 1 aromatic rings. The molecule has 1 spiro atoms. The molecule has 1 N–H and O–H groups in total. The van der Waals surface area contributed by atoms with Crippen molar-refractivity contribution in [2.24, 2.45) is 4.99 Å². The van der Waals surface area contributed by atoms with Crippen LogP contribution in [0.4, 0.5) is 0 Å². The molecule has 1 fully saturated rings. The molecular formula is C14H20N2O2. The first-order chi connectivity index (χ1) is 8.73. The van der Waals surface area contributed by atoms with Crippen LogP contribution < -0.4 is 0 Å². The summed E-state index contributed by atoms with van der Waals surface area (Å²) < 4.78 is 11.8. The van der Waals surface area contributed by atoms with Gasteiger partial charge in [0.25, 0.3) is 0 Å². The fraction of sp³-hybridized carbons (Fsp3) is 0.643. The highest BCUT2D eigenvalue weighted by atomic mass is 16.6. The topological polar surface area (TPSA) is 46.6 Å². The lowest BCUT2D eigenvalue weighted by Gasteiger charge is -2.38. The second kappa shape index (κ2) is 4.52. The number of nitrogens with zero attached hydrogens (tertiary/aromatic N) is 1. The Kier molecular flexibility index (Phi) is 2.99. The number of aliphatic imine (C=N–C) groups is 1. The summed E-state index contributed by atoms with van der Waals surface area (Å²) in [5.41, 5.74) is 1.70. The van der Waals surface area contributed by atoms with Crippen molar-refractivity contribution in [1.29, 1.82) is 0 Å². The summed E-state index contributed by atoms with van der Waals surface area (Å²) >= 11 is 0. The Labute approximate surface area is 107 Å². The third-order valence-electron chi connectivity index (χ3n) is 3.95. The first-order valence-corrected chi connectivity index (χ1v) is 6.66. The Bertz CT molecular complexity index is 441. The van der Waals surface area contributed by atoms with E-state index < -0.39 is 5.72 Å². The third-order valence-corrected chi connectivity index (χ3v) is 3.95. The molecule has 1 aromatic heterocycles. The standard InChI is InChI=1S/C14H20N2O2/c1-10-5-3-7-14(18-10)13(17-2)9-12(16-14)11-6-4-8-15-11/h4,6,8,10,13,15H,3,5,7,9H2,1-2H3/t10-,13-,14-/m0/s1. The maximum absolute atomic E-state index is 6.14. The molecule has 3 rings (SSSR count). The molecule has 3 atom stereocenters. The van der Waals surface area contributed by atoms with Crippen LogP contribution in [0.5, 0.6) is 0 Å². The van der Waals surface area contributed by atoms with Gasteiger partial charge in [0.2, 0.25) is 0 Å². The minimum atomic E-state index is -0.452. The second-order valence-corrected chi connectivity index (χ2v) is 5.24. The largest absolute Gasteiger partial charge is 0.376 e. The molecule has 2 aliphatic rings. The fourth-order valence-corrected chi connectivity index (χ4v) is 3.06. The van der Waals surface area contributed by atoms with Gasteiger partial charge in [-0.2, -0.15) is 0 Å². The Morgan fingerprint density at radius 2 is 2.44 bits per heavy atom. The van der Waals surface area contributed by atoms with Crippen molar-refractivity contribution in [2.75, 3.05) is 7.11 Å². The Balaban J connectivity index is 1.91. The van der Waals surface area contributed by atoms with Crippen molar-refractivity contribution < 1.29 is 9.47 Å². The summed E-state index contributed by atoms with van der Waals surface area (Å²) in [4.78, 5) is 8.08. The van der Waals surface area contributed by atoms with E-state index in [-0.39, 0.29) is 12.2 Å². The van der Waals surface area contributed by atoms with Gasteiger partial charge in [-0.25, -0.2) is 0 Å². The average molecular weight is 248 g/mol. The molecule has 0 saturated carbocycles. The third kappa shape index (κ3) is 1.89. The normalized spacial score (nSPS) is 36.0. The van der Waals surface area contributed by atoms with E-state index >= 15 is 0 Å². The number of nitrogens with one attached hydrogen (secondary N) is 1. The van der Waals surface area contributed by atoms with Crippen LogP contribution in [-0.2, 0) is 9.47 Å². The molecule has 0 amide bonds. The molecule has 0 aromatic carbocycles. The minimum Gasteiger partial charge on any atom is -0.376 e. The van der Waals surface area contributed by atoms with Crippen molar-refractivity contribution in [3.05, 3.63) is 24.0 Å². The van der Waals surface area contributed by atoms with E-state index in [1.165, 1.54) is 0 Å². The molecule has 4 heteroatoms. The van der Waals surface area contributed by atoms with Gasteiger partial charge in [0.1, 0.15) is 6.10 Å². The summed E-state index contributed by atoms with van der Waals surface area (Å²) in [5.74, 6) is 0. The lowest BCUT2D eigenvalue weighted by atomic mass is 9.95. The second-order valence-electron chi connectivity index (χ2n) is 5.24. The number of ether oxygens (including phenoxy) is 2. The van der Waals surface area contributed by atoms with Crippen LogP contribution in [0.1, 0.15) is 38.3 Å². The average Bonchev–Trinajstić information content (AvgIpc) is 2.96. The Morgan fingerprint density at radius 1 is 1.56 bits per heavy atom. The minimum absolute atomic E-state index is 0.0403. The van der Waals surface area contributed by atoms with Crippen molar-refractivity contribution in [2.45, 2.75) is 50.5 Å². The lowest BCUT2D eigenvalue weighted by Crippen LogP contribution is -2.46. The predicted molar refractivity (Wildman–Crippen MR) is 69.9 cm³/mol. The van der Waals surface area contributed by atoms with Crippen molar-refractivity contribution in [1.82, 2.24) is 4.98 Å². The van der Waals surface area contributed by atoms with Gasteiger partial charge in [-0.15, -0.1) is 0 Å². The molecule has 2 aliphatic heterocycles. The van der Waals surface area contributed by atoms with Crippen LogP contribution in [0, 0.1) is 0 Å². The number of methoxy groups -OCH3 is 1. The van der Waals surface area contributed by atoms with Crippen LogP contribution in [-0.4, -0.2) is 35.7 Å². The van der Waals surface area contributed by atoms with E-state index in [1.54, 1.807) is 7.11 Å². The summed E-state index contributed by atoms with van der Waals surface area (Å²) in [7, 11) is 1.75. The van der Waals surface area contributed by atoms with E-state index in [1.807, 2.05) is 12.3 Å². The molecule has 0 radical (unpaired) electrons. The zero-order valence-electron chi connectivity index (χ0n) is 11.0. The molecule has 3 heterocycles. The molecule has 1 saturated heterocycles. The van der Waals surface area contributed by atoms with Gasteiger partial charge in [0, 0.05) is 19.7 Å². The first-order valence-electron chi connectivity index (χ1n) is 6.66. The summed E-state index contributed by atoms with van der Waals surface area (Å²) in [6.45, 7) is 2.12. The summed E-state index contributed by atoms with van der Waals surface area (Å²) in [6.07, 6.45) is 6.29. The molecule has 4 nitrogen and oxygen atoms in total. The van der Waals surface area contributed by atoms with Crippen LogP contribution in [0.3, 0.4) is 0 Å². The maximum Gasteiger partial charge on any atom is 0.185 e. The number of hydrogen-bond donors (Lipinski definition) is 1. The molecular weight excluding hydrogens is 228 g/mol. The zero-order valence-corrected chi connectivity index (χ0v) is 11.0. The smallest absolute Gasteiger partial charge is 0.185 e. The highest BCUT2D eigenvalue weighted by Crippen LogP contribution is 2.40. The quantitative estimate of drug-likeness (QED) is 0.874. The summed E-state index contributed by atoms with van der Waals surface area (Å²) in [6, 6.07) is 4.05. The predicted octanol–water partition coefficient (Wildman–Crippen LogP) is 2.51. The van der Waals surface area contributed by atoms with Crippen molar-refractivity contribution in [3.8, 4) is 0 Å².